The minimum absolute atomic E-state index is 0.0358. The molecule has 0 radical (unpaired) electrons. The Hall–Kier alpha value is -4.59. The summed E-state index contributed by atoms with van der Waals surface area (Å²) in [6, 6.07) is 25.1. The molecule has 40 heavy (non-hydrogen) atoms. The highest BCUT2D eigenvalue weighted by Gasteiger charge is 2.47. The van der Waals surface area contributed by atoms with Crippen molar-refractivity contribution in [2.75, 3.05) is 26.7 Å². The molecule has 0 unspecified atom stereocenters. The first-order valence-electron chi connectivity index (χ1n) is 13.7. The molecule has 3 aliphatic rings. The fourth-order valence-electron chi connectivity index (χ4n) is 5.79. The molecule has 8 nitrogen and oxygen atoms in total. The van der Waals surface area contributed by atoms with Crippen LogP contribution in [0.1, 0.15) is 30.0 Å². The van der Waals surface area contributed by atoms with Crippen LogP contribution in [-0.2, 0) is 16.0 Å². The number of para-hydroxylation sites is 1. The average molecular weight is 537 g/mol. The van der Waals surface area contributed by atoms with E-state index in [1.165, 1.54) is 4.90 Å². The van der Waals surface area contributed by atoms with Crippen LogP contribution in [-0.4, -0.2) is 65.3 Å². The van der Waals surface area contributed by atoms with Crippen LogP contribution < -0.4 is 10.1 Å². The lowest BCUT2D eigenvalue weighted by atomic mass is 9.95. The molecule has 3 heterocycles. The number of nitrogens with zero attached hydrogens (tertiary/aromatic N) is 3. The first-order valence-corrected chi connectivity index (χ1v) is 13.7. The number of likely N-dealkylation sites (N-methyl/N-ethyl adjacent to an activating group) is 1. The molecule has 1 N–H and O–H groups in total. The predicted octanol–water partition coefficient (Wildman–Crippen LogP) is 4.51. The molecular formula is C32H32N4O4. The Morgan fingerprint density at radius 3 is 2.33 bits per heavy atom. The standard InChI is InChI=1S/C32H32N4O4/c1-34-27-21-36(26(19-22-11-4-2-5-12-22)30(37)35-17-8-9-18-35)31(38)28(27)29(33-32(34)39)23-13-10-16-25(20-23)40-24-14-6-3-7-15-24/h2-7,10-16,20,26,29H,8-9,17-19,21H2,1H3,(H,33,39)/t26-,29+/m0/s1. The summed E-state index contributed by atoms with van der Waals surface area (Å²) in [5.41, 5.74) is 2.84. The van der Waals surface area contributed by atoms with Gasteiger partial charge in [0.1, 0.15) is 17.5 Å². The number of nitrogens with one attached hydrogen (secondary N) is 1. The maximum Gasteiger partial charge on any atom is 0.322 e. The van der Waals surface area contributed by atoms with E-state index in [1.807, 2.05) is 89.8 Å². The number of ether oxygens (including phenoxy) is 1. The van der Waals surface area contributed by atoms with Crippen molar-refractivity contribution in [1.82, 2.24) is 20.0 Å². The van der Waals surface area contributed by atoms with Crippen molar-refractivity contribution in [3.8, 4) is 11.5 Å². The molecule has 3 aromatic carbocycles. The lowest BCUT2D eigenvalue weighted by Crippen LogP contribution is -2.50. The highest BCUT2D eigenvalue weighted by molar-refractivity contribution is 6.03. The van der Waals surface area contributed by atoms with E-state index in [0.717, 1.165) is 24.0 Å². The van der Waals surface area contributed by atoms with Gasteiger partial charge in [-0.1, -0.05) is 60.7 Å². The summed E-state index contributed by atoms with van der Waals surface area (Å²) in [5, 5.41) is 3.00. The lowest BCUT2D eigenvalue weighted by molar-refractivity contribution is -0.142. The maximum absolute atomic E-state index is 14.2. The molecule has 0 aromatic heterocycles. The fourth-order valence-corrected chi connectivity index (χ4v) is 5.79. The quantitative estimate of drug-likeness (QED) is 0.482. The van der Waals surface area contributed by atoms with Crippen molar-refractivity contribution >= 4 is 17.8 Å². The minimum atomic E-state index is -0.658. The van der Waals surface area contributed by atoms with E-state index in [0.29, 0.717) is 42.3 Å². The Balaban J connectivity index is 1.32. The van der Waals surface area contributed by atoms with Crippen molar-refractivity contribution in [1.29, 1.82) is 0 Å². The number of likely N-dealkylation sites (tertiary alicyclic amines) is 1. The van der Waals surface area contributed by atoms with Gasteiger partial charge in [0.05, 0.1) is 23.9 Å². The molecule has 4 amide bonds. The molecule has 0 spiro atoms. The second-order valence-corrected chi connectivity index (χ2v) is 10.5. The Bertz CT molecular complexity index is 1450. The Morgan fingerprint density at radius 2 is 1.60 bits per heavy atom. The summed E-state index contributed by atoms with van der Waals surface area (Å²) >= 11 is 0. The SMILES string of the molecule is CN1C(=O)N[C@H](c2cccc(Oc3ccccc3)c2)C2=C1CN([C@@H](Cc1ccccc1)C(=O)N1CCCC1)C2=O. The van der Waals surface area contributed by atoms with Crippen LogP contribution in [0.3, 0.4) is 0 Å². The van der Waals surface area contributed by atoms with E-state index >= 15 is 0 Å². The Kier molecular flexibility index (Phi) is 6.99. The second-order valence-electron chi connectivity index (χ2n) is 10.5. The van der Waals surface area contributed by atoms with Gasteiger partial charge in [-0.2, -0.15) is 0 Å². The molecule has 3 aliphatic heterocycles. The molecule has 2 atom stereocenters. The minimum Gasteiger partial charge on any atom is -0.457 e. The van der Waals surface area contributed by atoms with Crippen LogP contribution in [0.25, 0.3) is 0 Å². The van der Waals surface area contributed by atoms with Gasteiger partial charge in [0.2, 0.25) is 5.91 Å². The number of carbonyl (C=O) groups is 3. The van der Waals surface area contributed by atoms with Crippen molar-refractivity contribution in [3.05, 3.63) is 107 Å². The number of benzene rings is 3. The number of carbonyl (C=O) groups excluding carboxylic acids is 3. The molecule has 3 aromatic rings. The van der Waals surface area contributed by atoms with Gasteiger partial charge >= 0.3 is 6.03 Å². The number of rotatable bonds is 7. The first kappa shape index (κ1) is 25.7. The number of urea groups is 1. The third-order valence-electron chi connectivity index (χ3n) is 7.91. The van der Waals surface area contributed by atoms with Gasteiger partial charge in [-0.05, 0) is 48.2 Å². The summed E-state index contributed by atoms with van der Waals surface area (Å²) in [4.78, 5) is 46.1. The van der Waals surface area contributed by atoms with Gasteiger partial charge in [-0.25, -0.2) is 4.79 Å². The summed E-state index contributed by atoms with van der Waals surface area (Å²) in [6.45, 7) is 1.61. The molecule has 0 aliphatic carbocycles. The van der Waals surface area contributed by atoms with Crippen LogP contribution in [0.4, 0.5) is 4.79 Å². The Morgan fingerprint density at radius 1 is 0.925 bits per heavy atom. The van der Waals surface area contributed by atoms with E-state index in [4.69, 9.17) is 4.74 Å². The molecule has 204 valence electrons. The molecule has 1 saturated heterocycles. The second kappa shape index (κ2) is 10.9. The molecule has 8 heteroatoms. The third kappa shape index (κ3) is 4.93. The molecule has 1 fully saturated rings. The van der Waals surface area contributed by atoms with E-state index in [-0.39, 0.29) is 24.4 Å². The Labute approximate surface area is 233 Å². The van der Waals surface area contributed by atoms with Crippen molar-refractivity contribution in [3.63, 3.8) is 0 Å². The average Bonchev–Trinajstić information content (AvgIpc) is 3.64. The molecular weight excluding hydrogens is 504 g/mol. The van der Waals surface area contributed by atoms with Crippen molar-refractivity contribution in [2.45, 2.75) is 31.3 Å². The first-order chi connectivity index (χ1) is 19.5. The van der Waals surface area contributed by atoms with Crippen LogP contribution in [0.15, 0.2) is 96.2 Å². The highest BCUT2D eigenvalue weighted by Crippen LogP contribution is 2.38. The normalized spacial score (nSPS) is 19.5. The summed E-state index contributed by atoms with van der Waals surface area (Å²) in [5.74, 6) is 1.03. The van der Waals surface area contributed by atoms with Gasteiger partial charge in [0.25, 0.3) is 5.91 Å². The monoisotopic (exact) mass is 536 g/mol. The van der Waals surface area contributed by atoms with Gasteiger partial charge in [0.15, 0.2) is 0 Å². The van der Waals surface area contributed by atoms with Crippen molar-refractivity contribution in [2.24, 2.45) is 0 Å². The molecule has 0 bridgehead atoms. The number of hydrogen-bond acceptors (Lipinski definition) is 4. The lowest BCUT2D eigenvalue weighted by Gasteiger charge is -2.31. The van der Waals surface area contributed by atoms with Crippen LogP contribution in [0, 0.1) is 0 Å². The van der Waals surface area contributed by atoms with Gasteiger partial charge < -0.3 is 19.9 Å². The van der Waals surface area contributed by atoms with Gasteiger partial charge in [-0.15, -0.1) is 0 Å². The van der Waals surface area contributed by atoms with E-state index < -0.39 is 12.1 Å². The van der Waals surface area contributed by atoms with Gasteiger partial charge in [-0.3, -0.25) is 14.5 Å². The highest BCUT2D eigenvalue weighted by atomic mass is 16.5. The molecule has 0 saturated carbocycles. The van der Waals surface area contributed by atoms with E-state index in [2.05, 4.69) is 5.32 Å². The number of hydrogen-bond donors (Lipinski definition) is 1. The smallest absolute Gasteiger partial charge is 0.322 e. The summed E-state index contributed by atoms with van der Waals surface area (Å²) < 4.78 is 6.03. The van der Waals surface area contributed by atoms with E-state index in [9.17, 15) is 14.4 Å². The molecule has 6 rings (SSSR count). The van der Waals surface area contributed by atoms with E-state index in [1.54, 1.807) is 11.9 Å². The third-order valence-corrected chi connectivity index (χ3v) is 7.91. The predicted molar refractivity (Wildman–Crippen MR) is 150 cm³/mol. The largest absolute Gasteiger partial charge is 0.457 e. The number of amides is 4. The van der Waals surface area contributed by atoms with Crippen LogP contribution >= 0.6 is 0 Å². The topological polar surface area (TPSA) is 82.2 Å². The van der Waals surface area contributed by atoms with Crippen LogP contribution in [0.5, 0.6) is 11.5 Å². The van der Waals surface area contributed by atoms with Gasteiger partial charge in [0, 0.05) is 26.6 Å². The van der Waals surface area contributed by atoms with Crippen molar-refractivity contribution < 1.29 is 19.1 Å². The summed E-state index contributed by atoms with van der Waals surface area (Å²) in [6.07, 6.45) is 2.35. The van der Waals surface area contributed by atoms with Crippen LogP contribution in [0.2, 0.25) is 0 Å². The zero-order chi connectivity index (χ0) is 27.6. The zero-order valence-electron chi connectivity index (χ0n) is 22.5. The summed E-state index contributed by atoms with van der Waals surface area (Å²) in [7, 11) is 1.67. The zero-order valence-corrected chi connectivity index (χ0v) is 22.5. The fraction of sp³-hybridized carbons (Fsp3) is 0.281. The maximum atomic E-state index is 14.2.